The maximum absolute atomic E-state index is 12.3. The van der Waals surface area contributed by atoms with E-state index in [1.54, 1.807) is 30.3 Å². The fourth-order valence-corrected chi connectivity index (χ4v) is 3.14. The van der Waals surface area contributed by atoms with Crippen LogP contribution in [0.4, 0.5) is 5.69 Å². The molecule has 0 bridgehead atoms. The number of hydrogen-bond donors (Lipinski definition) is 1. The van der Waals surface area contributed by atoms with E-state index in [2.05, 4.69) is 5.32 Å². The minimum absolute atomic E-state index is 0.0412. The Hall–Kier alpha value is -3.22. The van der Waals surface area contributed by atoms with E-state index in [9.17, 15) is 19.7 Å². The van der Waals surface area contributed by atoms with Gasteiger partial charge in [-0.1, -0.05) is 30.3 Å². The van der Waals surface area contributed by atoms with Crippen molar-refractivity contribution in [1.29, 1.82) is 0 Å². The van der Waals surface area contributed by atoms with E-state index in [1.165, 1.54) is 6.07 Å². The lowest BCUT2D eigenvalue weighted by Gasteiger charge is -2.15. The van der Waals surface area contributed by atoms with Gasteiger partial charge in [-0.2, -0.15) is 0 Å². The average Bonchev–Trinajstić information content (AvgIpc) is 3.21. The SMILES string of the molecule is O=C(Cc1ccccc1[N+](=O)[O-])NCc1ccc(C(=O)N2CCCC2)cc1. The highest BCUT2D eigenvalue weighted by Crippen LogP contribution is 2.18. The van der Waals surface area contributed by atoms with E-state index >= 15 is 0 Å². The Morgan fingerprint density at radius 1 is 1.04 bits per heavy atom. The Morgan fingerprint density at radius 2 is 1.70 bits per heavy atom. The van der Waals surface area contributed by atoms with Crippen LogP contribution in [0.5, 0.6) is 0 Å². The zero-order valence-electron chi connectivity index (χ0n) is 14.9. The van der Waals surface area contributed by atoms with Crippen LogP contribution in [-0.4, -0.2) is 34.7 Å². The molecule has 1 aliphatic rings. The summed E-state index contributed by atoms with van der Waals surface area (Å²) in [5, 5.41) is 13.8. The summed E-state index contributed by atoms with van der Waals surface area (Å²) in [5.74, 6) is -0.249. The molecular formula is C20H21N3O4. The minimum Gasteiger partial charge on any atom is -0.352 e. The van der Waals surface area contributed by atoms with Gasteiger partial charge >= 0.3 is 0 Å². The van der Waals surface area contributed by atoms with E-state index in [0.717, 1.165) is 31.5 Å². The first kappa shape index (κ1) is 18.6. The van der Waals surface area contributed by atoms with Gasteiger partial charge in [-0.25, -0.2) is 0 Å². The van der Waals surface area contributed by atoms with Gasteiger partial charge in [-0.3, -0.25) is 19.7 Å². The Morgan fingerprint density at radius 3 is 2.37 bits per heavy atom. The largest absolute Gasteiger partial charge is 0.352 e. The average molecular weight is 367 g/mol. The highest BCUT2D eigenvalue weighted by atomic mass is 16.6. The summed E-state index contributed by atoms with van der Waals surface area (Å²) in [5.41, 5.74) is 1.83. The standard InChI is InChI=1S/C20H21N3O4/c24-19(13-17-5-1-2-6-18(17)23(26)27)21-14-15-7-9-16(10-8-15)20(25)22-11-3-4-12-22/h1-2,5-10H,3-4,11-14H2,(H,21,24). The van der Waals surface area contributed by atoms with Gasteiger partial charge in [0.1, 0.15) is 0 Å². The molecule has 2 amide bonds. The van der Waals surface area contributed by atoms with Crippen molar-refractivity contribution < 1.29 is 14.5 Å². The fourth-order valence-electron chi connectivity index (χ4n) is 3.14. The summed E-state index contributed by atoms with van der Waals surface area (Å²) in [7, 11) is 0. The number of nitrogens with zero attached hydrogens (tertiary/aromatic N) is 2. The summed E-state index contributed by atoms with van der Waals surface area (Å²) < 4.78 is 0. The molecule has 1 aliphatic heterocycles. The van der Waals surface area contributed by atoms with Crippen LogP contribution >= 0.6 is 0 Å². The van der Waals surface area contributed by atoms with Crippen molar-refractivity contribution >= 4 is 17.5 Å². The van der Waals surface area contributed by atoms with Gasteiger partial charge in [0.25, 0.3) is 11.6 Å². The number of para-hydroxylation sites is 1. The molecule has 140 valence electrons. The van der Waals surface area contributed by atoms with E-state index in [4.69, 9.17) is 0 Å². The van der Waals surface area contributed by atoms with Crippen LogP contribution in [0.1, 0.15) is 34.3 Å². The van der Waals surface area contributed by atoms with Crippen molar-refractivity contribution in [3.05, 3.63) is 75.3 Å². The van der Waals surface area contributed by atoms with Crippen LogP contribution in [0.15, 0.2) is 48.5 Å². The molecule has 0 aliphatic carbocycles. The Bertz CT molecular complexity index is 843. The Kier molecular flexibility index (Phi) is 5.80. The molecule has 0 aromatic heterocycles. The summed E-state index contributed by atoms with van der Waals surface area (Å²) in [6.07, 6.45) is 2.05. The number of hydrogen-bond acceptors (Lipinski definition) is 4. The molecule has 27 heavy (non-hydrogen) atoms. The van der Waals surface area contributed by atoms with E-state index in [1.807, 2.05) is 17.0 Å². The normalized spacial score (nSPS) is 13.4. The second-order valence-corrected chi connectivity index (χ2v) is 6.54. The molecule has 0 saturated carbocycles. The fraction of sp³-hybridized carbons (Fsp3) is 0.300. The number of benzene rings is 2. The molecule has 0 spiro atoms. The molecule has 7 heteroatoms. The predicted octanol–water partition coefficient (Wildman–Crippen LogP) is 2.69. The molecule has 7 nitrogen and oxygen atoms in total. The second-order valence-electron chi connectivity index (χ2n) is 6.54. The van der Waals surface area contributed by atoms with Gasteiger partial charge in [0.15, 0.2) is 0 Å². The molecule has 2 aromatic rings. The van der Waals surface area contributed by atoms with Crippen LogP contribution in [0.2, 0.25) is 0 Å². The molecule has 3 rings (SSSR count). The highest BCUT2D eigenvalue weighted by Gasteiger charge is 2.19. The second kappa shape index (κ2) is 8.44. The third kappa shape index (κ3) is 4.69. The van der Waals surface area contributed by atoms with Crippen molar-refractivity contribution in [2.75, 3.05) is 13.1 Å². The monoisotopic (exact) mass is 367 g/mol. The van der Waals surface area contributed by atoms with Crippen molar-refractivity contribution in [1.82, 2.24) is 10.2 Å². The number of rotatable bonds is 6. The summed E-state index contributed by atoms with van der Waals surface area (Å²) in [6, 6.07) is 13.4. The lowest BCUT2D eigenvalue weighted by molar-refractivity contribution is -0.385. The van der Waals surface area contributed by atoms with Crippen molar-refractivity contribution in [3.63, 3.8) is 0 Å². The number of nitro benzene ring substituents is 1. The molecule has 0 unspecified atom stereocenters. The molecule has 0 atom stereocenters. The minimum atomic E-state index is -0.487. The van der Waals surface area contributed by atoms with Crippen LogP contribution in [0, 0.1) is 10.1 Å². The first-order valence-corrected chi connectivity index (χ1v) is 8.92. The van der Waals surface area contributed by atoms with Crippen LogP contribution in [0.25, 0.3) is 0 Å². The number of nitrogens with one attached hydrogen (secondary N) is 1. The molecule has 1 fully saturated rings. The van der Waals surface area contributed by atoms with Crippen molar-refractivity contribution in [3.8, 4) is 0 Å². The number of carbonyl (C=O) groups is 2. The summed E-state index contributed by atoms with van der Waals surface area (Å²) >= 11 is 0. The molecule has 1 heterocycles. The third-order valence-electron chi connectivity index (χ3n) is 4.62. The topological polar surface area (TPSA) is 92.5 Å². The van der Waals surface area contributed by atoms with Crippen LogP contribution < -0.4 is 5.32 Å². The number of amides is 2. The van der Waals surface area contributed by atoms with Gasteiger partial charge in [-0.15, -0.1) is 0 Å². The van der Waals surface area contributed by atoms with E-state index in [-0.39, 0.29) is 23.9 Å². The van der Waals surface area contributed by atoms with Crippen molar-refractivity contribution in [2.45, 2.75) is 25.8 Å². The van der Waals surface area contributed by atoms with Gasteiger partial charge in [0.2, 0.25) is 5.91 Å². The number of carbonyl (C=O) groups excluding carboxylic acids is 2. The highest BCUT2D eigenvalue weighted by molar-refractivity contribution is 5.94. The Balaban J connectivity index is 1.55. The number of likely N-dealkylation sites (tertiary alicyclic amines) is 1. The molecule has 1 N–H and O–H groups in total. The molecular weight excluding hydrogens is 346 g/mol. The summed E-state index contributed by atoms with van der Waals surface area (Å²) in [6.45, 7) is 1.92. The van der Waals surface area contributed by atoms with Crippen LogP contribution in [-0.2, 0) is 17.8 Å². The molecule has 2 aromatic carbocycles. The third-order valence-corrected chi connectivity index (χ3v) is 4.62. The molecule has 1 saturated heterocycles. The van der Waals surface area contributed by atoms with Gasteiger partial charge < -0.3 is 10.2 Å². The lowest BCUT2D eigenvalue weighted by Crippen LogP contribution is -2.27. The zero-order chi connectivity index (χ0) is 19.2. The number of nitro groups is 1. The van der Waals surface area contributed by atoms with Crippen molar-refractivity contribution in [2.24, 2.45) is 0 Å². The maximum atomic E-state index is 12.3. The molecule has 0 radical (unpaired) electrons. The maximum Gasteiger partial charge on any atom is 0.273 e. The van der Waals surface area contributed by atoms with Gasteiger partial charge in [0.05, 0.1) is 11.3 Å². The Labute approximate surface area is 157 Å². The van der Waals surface area contributed by atoms with E-state index < -0.39 is 4.92 Å². The first-order chi connectivity index (χ1) is 13.0. The summed E-state index contributed by atoms with van der Waals surface area (Å²) in [4.78, 5) is 36.8. The van der Waals surface area contributed by atoms with Gasteiger partial charge in [0, 0.05) is 36.8 Å². The van der Waals surface area contributed by atoms with Crippen LogP contribution in [0.3, 0.4) is 0 Å². The first-order valence-electron chi connectivity index (χ1n) is 8.92. The van der Waals surface area contributed by atoms with Gasteiger partial charge in [-0.05, 0) is 30.5 Å². The smallest absolute Gasteiger partial charge is 0.273 e. The van der Waals surface area contributed by atoms with E-state index in [0.29, 0.717) is 17.7 Å². The lowest BCUT2D eigenvalue weighted by atomic mass is 10.1. The quantitative estimate of drug-likeness (QED) is 0.627. The zero-order valence-corrected chi connectivity index (χ0v) is 14.9. The predicted molar refractivity (Wildman–Crippen MR) is 100 cm³/mol.